The highest BCUT2D eigenvalue weighted by Crippen LogP contribution is 2.41. The van der Waals surface area contributed by atoms with E-state index in [0.29, 0.717) is 12.4 Å². The summed E-state index contributed by atoms with van der Waals surface area (Å²) in [4.78, 5) is 3.76. The van der Waals surface area contributed by atoms with Gasteiger partial charge in [0.1, 0.15) is 23.9 Å². The summed E-state index contributed by atoms with van der Waals surface area (Å²) in [6, 6.07) is 22.5. The quantitative estimate of drug-likeness (QED) is 0.258. The molecular formula is C31H35NO3S. The monoisotopic (exact) mass is 501 g/mol. The van der Waals surface area contributed by atoms with Gasteiger partial charge in [-0.1, -0.05) is 25.0 Å². The van der Waals surface area contributed by atoms with Gasteiger partial charge < -0.3 is 14.6 Å². The number of ether oxygens (including phenoxy) is 2. The summed E-state index contributed by atoms with van der Waals surface area (Å²) in [6.07, 6.45) is 6.16. The first-order valence-corrected chi connectivity index (χ1v) is 13.9. The topological polar surface area (TPSA) is 41.9 Å². The van der Waals surface area contributed by atoms with Crippen molar-refractivity contribution in [3.05, 3.63) is 77.9 Å². The molecule has 1 aliphatic rings. The molecule has 0 saturated carbocycles. The molecule has 188 valence electrons. The minimum Gasteiger partial charge on any atom is -0.508 e. The highest BCUT2D eigenvalue weighted by molar-refractivity contribution is 7.22. The minimum atomic E-state index is 0.301. The van der Waals surface area contributed by atoms with Crippen LogP contribution in [0.25, 0.3) is 20.5 Å². The van der Waals surface area contributed by atoms with Crippen molar-refractivity contribution in [1.82, 2.24) is 4.90 Å². The summed E-state index contributed by atoms with van der Waals surface area (Å²) in [5.74, 6) is 2.11. The van der Waals surface area contributed by atoms with Crippen LogP contribution in [0.4, 0.5) is 0 Å². The second-order valence-electron chi connectivity index (χ2n) is 9.47. The number of likely N-dealkylation sites (tertiary alicyclic amines) is 1. The van der Waals surface area contributed by atoms with E-state index in [9.17, 15) is 5.11 Å². The molecule has 0 spiro atoms. The molecule has 4 nitrogen and oxygen atoms in total. The summed E-state index contributed by atoms with van der Waals surface area (Å²) in [7, 11) is 0. The Bertz CT molecular complexity index is 1260. The third kappa shape index (κ3) is 6.03. The van der Waals surface area contributed by atoms with Gasteiger partial charge in [-0.05, 0) is 116 Å². The van der Waals surface area contributed by atoms with E-state index < -0.39 is 0 Å². The van der Waals surface area contributed by atoms with Crippen molar-refractivity contribution in [2.24, 2.45) is 0 Å². The summed E-state index contributed by atoms with van der Waals surface area (Å²) in [5, 5.41) is 11.3. The molecule has 0 amide bonds. The number of aromatic hydroxyl groups is 1. The maximum absolute atomic E-state index is 10.1. The van der Waals surface area contributed by atoms with Crippen LogP contribution in [0.1, 0.15) is 43.7 Å². The lowest BCUT2D eigenvalue weighted by Gasteiger charge is -2.19. The van der Waals surface area contributed by atoms with Crippen molar-refractivity contribution >= 4 is 21.4 Å². The largest absolute Gasteiger partial charge is 0.508 e. The van der Waals surface area contributed by atoms with Gasteiger partial charge >= 0.3 is 0 Å². The lowest BCUT2D eigenvalue weighted by molar-refractivity contribution is 0.214. The molecule has 5 heteroatoms. The first kappa shape index (κ1) is 24.7. The SMILES string of the molecule is CCOc1ccc(-c2sc3cc(O)ccc3c2Cc2ccc(OCCN3CCCCCC3)cc2)cc1. The molecular weight excluding hydrogens is 466 g/mol. The Kier molecular flexibility index (Phi) is 8.09. The molecule has 0 atom stereocenters. The van der Waals surface area contributed by atoms with Gasteiger partial charge in [-0.3, -0.25) is 4.90 Å². The van der Waals surface area contributed by atoms with Gasteiger partial charge in [-0.25, -0.2) is 0 Å². The van der Waals surface area contributed by atoms with Crippen molar-refractivity contribution in [2.75, 3.05) is 32.8 Å². The fourth-order valence-electron chi connectivity index (χ4n) is 4.98. The first-order valence-electron chi connectivity index (χ1n) is 13.1. The van der Waals surface area contributed by atoms with Crippen LogP contribution in [0.2, 0.25) is 0 Å². The number of phenols is 1. The summed E-state index contributed by atoms with van der Waals surface area (Å²) in [6.45, 7) is 6.79. The predicted octanol–water partition coefficient (Wildman–Crippen LogP) is 7.52. The number of phenolic OH excluding ortho intramolecular Hbond substituents is 1. The maximum atomic E-state index is 10.1. The Morgan fingerprint density at radius 2 is 1.53 bits per heavy atom. The Balaban J connectivity index is 1.31. The van der Waals surface area contributed by atoms with Gasteiger partial charge in [0.25, 0.3) is 0 Å². The number of rotatable bonds is 9. The highest BCUT2D eigenvalue weighted by Gasteiger charge is 2.16. The average molecular weight is 502 g/mol. The maximum Gasteiger partial charge on any atom is 0.119 e. The normalized spacial score (nSPS) is 14.6. The molecule has 1 aromatic heterocycles. The van der Waals surface area contributed by atoms with E-state index in [1.807, 2.05) is 31.2 Å². The molecule has 0 bridgehead atoms. The van der Waals surface area contributed by atoms with Crippen molar-refractivity contribution < 1.29 is 14.6 Å². The van der Waals surface area contributed by atoms with Gasteiger partial charge in [0.05, 0.1) is 6.61 Å². The number of nitrogens with zero attached hydrogens (tertiary/aromatic N) is 1. The second kappa shape index (κ2) is 11.8. The van der Waals surface area contributed by atoms with Crippen molar-refractivity contribution in [2.45, 2.75) is 39.0 Å². The van der Waals surface area contributed by atoms with Crippen molar-refractivity contribution in [3.63, 3.8) is 0 Å². The molecule has 2 heterocycles. The number of thiophene rings is 1. The third-order valence-corrected chi connectivity index (χ3v) is 8.13. The van der Waals surface area contributed by atoms with E-state index >= 15 is 0 Å². The van der Waals surface area contributed by atoms with E-state index in [0.717, 1.165) is 35.8 Å². The van der Waals surface area contributed by atoms with Crippen LogP contribution < -0.4 is 9.47 Å². The molecule has 4 aromatic rings. The van der Waals surface area contributed by atoms with E-state index in [2.05, 4.69) is 41.3 Å². The lowest BCUT2D eigenvalue weighted by atomic mass is 9.99. The molecule has 0 radical (unpaired) electrons. The van der Waals surface area contributed by atoms with Crippen molar-refractivity contribution in [3.8, 4) is 27.7 Å². The Morgan fingerprint density at radius 1 is 0.833 bits per heavy atom. The summed E-state index contributed by atoms with van der Waals surface area (Å²) < 4.78 is 12.8. The predicted molar refractivity (Wildman–Crippen MR) is 150 cm³/mol. The van der Waals surface area contributed by atoms with Crippen molar-refractivity contribution in [1.29, 1.82) is 0 Å². The molecule has 36 heavy (non-hydrogen) atoms. The number of hydrogen-bond donors (Lipinski definition) is 1. The third-order valence-electron chi connectivity index (χ3n) is 6.88. The van der Waals surface area contributed by atoms with Gasteiger partial charge in [0.15, 0.2) is 0 Å². The molecule has 5 rings (SSSR count). The van der Waals surface area contributed by atoms with E-state index in [1.54, 1.807) is 17.4 Å². The van der Waals surface area contributed by atoms with Crippen LogP contribution >= 0.6 is 11.3 Å². The van der Waals surface area contributed by atoms with Gasteiger partial charge in [0, 0.05) is 16.1 Å². The van der Waals surface area contributed by atoms with Crippen LogP contribution in [-0.2, 0) is 6.42 Å². The number of fused-ring (bicyclic) bond motifs is 1. The summed E-state index contributed by atoms with van der Waals surface area (Å²) >= 11 is 1.73. The fourth-order valence-corrected chi connectivity index (χ4v) is 6.24. The van der Waals surface area contributed by atoms with Crippen LogP contribution in [0.3, 0.4) is 0 Å². The number of hydrogen-bond acceptors (Lipinski definition) is 5. The highest BCUT2D eigenvalue weighted by atomic mass is 32.1. The lowest BCUT2D eigenvalue weighted by Crippen LogP contribution is -2.29. The molecule has 1 saturated heterocycles. The Hall–Kier alpha value is -3.02. The first-order chi connectivity index (χ1) is 17.7. The molecule has 1 fully saturated rings. The zero-order chi connectivity index (χ0) is 24.7. The van der Waals surface area contributed by atoms with Crippen LogP contribution in [-0.4, -0.2) is 42.9 Å². The minimum absolute atomic E-state index is 0.301. The Labute approximate surface area is 218 Å². The van der Waals surface area contributed by atoms with Crippen LogP contribution in [0, 0.1) is 0 Å². The van der Waals surface area contributed by atoms with Gasteiger partial charge in [-0.15, -0.1) is 11.3 Å². The van der Waals surface area contributed by atoms with Gasteiger partial charge in [0.2, 0.25) is 0 Å². The smallest absolute Gasteiger partial charge is 0.119 e. The molecule has 0 aliphatic carbocycles. The van der Waals surface area contributed by atoms with Crippen LogP contribution in [0.5, 0.6) is 17.2 Å². The summed E-state index contributed by atoms with van der Waals surface area (Å²) in [5.41, 5.74) is 3.70. The zero-order valence-electron chi connectivity index (χ0n) is 21.0. The second-order valence-corrected chi connectivity index (χ2v) is 10.5. The van der Waals surface area contributed by atoms with Gasteiger partial charge in [-0.2, -0.15) is 0 Å². The fraction of sp³-hybridized carbons (Fsp3) is 0.355. The zero-order valence-corrected chi connectivity index (χ0v) is 21.9. The molecule has 1 N–H and O–H groups in total. The molecule has 3 aromatic carbocycles. The van der Waals surface area contributed by atoms with Crippen LogP contribution in [0.15, 0.2) is 66.7 Å². The van der Waals surface area contributed by atoms with E-state index in [-0.39, 0.29) is 0 Å². The Morgan fingerprint density at radius 3 is 2.25 bits per heavy atom. The molecule has 0 unspecified atom stereocenters. The van der Waals surface area contributed by atoms with E-state index in [4.69, 9.17) is 9.47 Å². The molecule has 1 aliphatic heterocycles. The van der Waals surface area contributed by atoms with E-state index in [1.165, 1.54) is 65.7 Å². The standard InChI is InChI=1S/C31H35NO3S/c1-2-34-26-14-9-24(10-15-26)31-29(28-16-11-25(33)22-30(28)36-31)21-23-7-12-27(13-8-23)35-20-19-32-17-5-3-4-6-18-32/h7-16,22,33H,2-6,17-21H2,1H3. The number of benzene rings is 3. The average Bonchev–Trinajstić information content (AvgIpc) is 3.04.